The van der Waals surface area contributed by atoms with Gasteiger partial charge in [0.1, 0.15) is 0 Å². The van der Waals surface area contributed by atoms with E-state index in [4.69, 9.17) is 0 Å². The van der Waals surface area contributed by atoms with E-state index in [1.165, 1.54) is 23.1 Å². The number of benzene rings is 2. The molecule has 2 aromatic rings. The highest BCUT2D eigenvalue weighted by molar-refractivity contribution is 7.90. The molecule has 0 aromatic heterocycles. The summed E-state index contributed by atoms with van der Waals surface area (Å²) in [5, 5.41) is 5.37. The molecular weight excluding hydrogens is 444 g/mol. The molecule has 1 saturated carbocycles. The maximum Gasteiger partial charge on any atom is 0.328 e. The molecule has 3 N–H and O–H groups in total. The van der Waals surface area contributed by atoms with Gasteiger partial charge in [-0.2, -0.15) is 0 Å². The molecule has 33 heavy (non-hydrogen) atoms. The number of hydrogen-bond acceptors (Lipinski definition) is 5. The van der Waals surface area contributed by atoms with Gasteiger partial charge in [-0.1, -0.05) is 31.2 Å². The maximum absolute atomic E-state index is 12.9. The first-order valence-electron chi connectivity index (χ1n) is 10.8. The number of carbonyl (C=O) groups excluding carboxylic acids is 3. The molecule has 2 aliphatic rings. The van der Waals surface area contributed by atoms with Gasteiger partial charge in [-0.15, -0.1) is 0 Å². The predicted octanol–water partition coefficient (Wildman–Crippen LogP) is 2.14. The lowest BCUT2D eigenvalue weighted by Gasteiger charge is -2.29. The predicted molar refractivity (Wildman–Crippen MR) is 122 cm³/mol. The zero-order valence-electron chi connectivity index (χ0n) is 18.2. The van der Waals surface area contributed by atoms with Crippen molar-refractivity contribution in [1.29, 1.82) is 0 Å². The molecule has 0 spiro atoms. The average Bonchev–Trinajstić information content (AvgIpc) is 3.18. The van der Waals surface area contributed by atoms with E-state index >= 15 is 0 Å². The second-order valence-corrected chi connectivity index (χ2v) is 10.2. The van der Waals surface area contributed by atoms with E-state index in [1.54, 1.807) is 30.3 Å². The summed E-state index contributed by atoms with van der Waals surface area (Å²) in [6.07, 6.45) is 2.58. The van der Waals surface area contributed by atoms with Crippen LogP contribution >= 0.6 is 0 Å². The third-order valence-electron chi connectivity index (χ3n) is 5.96. The zero-order valence-corrected chi connectivity index (χ0v) is 19.0. The van der Waals surface area contributed by atoms with Gasteiger partial charge in [-0.25, -0.2) is 17.9 Å². The Morgan fingerprint density at radius 2 is 1.91 bits per heavy atom. The van der Waals surface area contributed by atoms with Crippen LogP contribution < -0.4 is 20.3 Å². The Labute approximate surface area is 192 Å². The number of nitrogens with zero attached hydrogens (tertiary/aromatic N) is 1. The van der Waals surface area contributed by atoms with Gasteiger partial charge >= 0.3 is 6.03 Å². The van der Waals surface area contributed by atoms with Crippen LogP contribution in [0, 0.1) is 5.92 Å². The van der Waals surface area contributed by atoms with Crippen molar-refractivity contribution in [2.75, 3.05) is 11.6 Å². The number of sulfonamides is 1. The molecule has 1 heterocycles. The number of para-hydroxylation sites is 1. The van der Waals surface area contributed by atoms with E-state index in [0.29, 0.717) is 22.7 Å². The Hall–Kier alpha value is -3.40. The minimum Gasteiger partial charge on any atom is -0.335 e. The topological polar surface area (TPSA) is 125 Å². The van der Waals surface area contributed by atoms with E-state index in [9.17, 15) is 22.8 Å². The van der Waals surface area contributed by atoms with Crippen molar-refractivity contribution in [3.05, 3.63) is 59.7 Å². The molecule has 2 atom stereocenters. The Balaban J connectivity index is 1.44. The Morgan fingerprint density at radius 3 is 2.67 bits per heavy atom. The number of anilines is 1. The van der Waals surface area contributed by atoms with E-state index in [-0.39, 0.29) is 35.8 Å². The fourth-order valence-electron chi connectivity index (χ4n) is 4.28. The first-order chi connectivity index (χ1) is 15.7. The molecule has 0 saturated heterocycles. The van der Waals surface area contributed by atoms with Gasteiger partial charge in [0.05, 0.1) is 29.2 Å². The minimum absolute atomic E-state index is 0.0351. The molecule has 0 bridgehead atoms. The van der Waals surface area contributed by atoms with Gasteiger partial charge in [-0.05, 0) is 55.0 Å². The molecular formula is C23H26N4O5S. The van der Waals surface area contributed by atoms with Crippen molar-refractivity contribution in [2.24, 2.45) is 5.92 Å². The van der Waals surface area contributed by atoms with Crippen molar-refractivity contribution >= 4 is 33.6 Å². The summed E-state index contributed by atoms with van der Waals surface area (Å²) >= 11 is 0. The van der Waals surface area contributed by atoms with E-state index in [2.05, 4.69) is 22.3 Å². The van der Waals surface area contributed by atoms with Crippen LogP contribution in [-0.4, -0.2) is 39.0 Å². The molecule has 10 heteroatoms. The molecule has 2 unspecified atom stereocenters. The van der Waals surface area contributed by atoms with Crippen molar-refractivity contribution in [3.8, 4) is 0 Å². The summed E-state index contributed by atoms with van der Waals surface area (Å²) in [5.74, 6) is -0.0430. The molecule has 1 aliphatic heterocycles. The molecule has 1 aliphatic carbocycles. The molecule has 4 rings (SSSR count). The summed E-state index contributed by atoms with van der Waals surface area (Å²) in [5.41, 5.74) is 1.39. The number of urea groups is 1. The normalized spacial score (nSPS) is 20.0. The highest BCUT2D eigenvalue weighted by Crippen LogP contribution is 2.25. The molecule has 9 nitrogen and oxygen atoms in total. The second-order valence-electron chi connectivity index (χ2n) is 8.52. The third-order valence-corrected chi connectivity index (χ3v) is 7.29. The third kappa shape index (κ3) is 5.16. The smallest absolute Gasteiger partial charge is 0.328 e. The van der Waals surface area contributed by atoms with Crippen LogP contribution in [-0.2, 0) is 21.2 Å². The van der Waals surface area contributed by atoms with Crippen LogP contribution in [0.2, 0.25) is 0 Å². The lowest BCUT2D eigenvalue weighted by molar-refractivity contribution is -0.118. The molecule has 174 valence electrons. The van der Waals surface area contributed by atoms with Crippen LogP contribution in [0.5, 0.6) is 0 Å². The van der Waals surface area contributed by atoms with Crippen LogP contribution in [0.4, 0.5) is 10.5 Å². The average molecular weight is 471 g/mol. The summed E-state index contributed by atoms with van der Waals surface area (Å²) in [6, 6.07) is 11.9. The monoisotopic (exact) mass is 470 g/mol. The lowest BCUT2D eigenvalue weighted by atomic mass is 10.1. The van der Waals surface area contributed by atoms with Gasteiger partial charge in [0.2, 0.25) is 5.91 Å². The highest BCUT2D eigenvalue weighted by Gasteiger charge is 2.28. The lowest BCUT2D eigenvalue weighted by Crippen LogP contribution is -2.47. The zero-order chi connectivity index (χ0) is 23.6. The Bertz CT molecular complexity index is 1200. The van der Waals surface area contributed by atoms with E-state index in [1.807, 2.05) is 0 Å². The number of nitrogens with one attached hydrogen (secondary N) is 3. The quantitative estimate of drug-likeness (QED) is 0.618. The Morgan fingerprint density at radius 1 is 1.12 bits per heavy atom. The summed E-state index contributed by atoms with van der Waals surface area (Å²) in [6.45, 7) is 2.13. The summed E-state index contributed by atoms with van der Waals surface area (Å²) in [4.78, 5) is 38.5. The fraction of sp³-hybridized carbons (Fsp3) is 0.348. The van der Waals surface area contributed by atoms with Crippen LogP contribution in [0.1, 0.15) is 42.1 Å². The Kier molecular flexibility index (Phi) is 6.37. The summed E-state index contributed by atoms with van der Waals surface area (Å²) < 4.78 is 27.5. The SMILES string of the molecule is CC1CCC(NC(=O)NS(=O)(=O)c2cccc(CC(=O)N3CNC(=O)c4ccccc43)c2)C1. The van der Waals surface area contributed by atoms with Crippen molar-refractivity contribution in [2.45, 2.75) is 43.5 Å². The molecule has 0 radical (unpaired) electrons. The number of rotatable bonds is 5. The van der Waals surface area contributed by atoms with Crippen molar-refractivity contribution < 1.29 is 22.8 Å². The van der Waals surface area contributed by atoms with Crippen LogP contribution in [0.25, 0.3) is 0 Å². The number of fused-ring (bicyclic) bond motifs is 1. The maximum atomic E-state index is 12.9. The van der Waals surface area contributed by atoms with Crippen molar-refractivity contribution in [1.82, 2.24) is 15.4 Å². The fourth-order valence-corrected chi connectivity index (χ4v) is 5.27. The van der Waals surface area contributed by atoms with Gasteiger partial charge in [0, 0.05) is 6.04 Å². The minimum atomic E-state index is -4.10. The van der Waals surface area contributed by atoms with Crippen molar-refractivity contribution in [3.63, 3.8) is 0 Å². The number of hydrogen-bond donors (Lipinski definition) is 3. The number of carbonyl (C=O) groups is 3. The van der Waals surface area contributed by atoms with E-state index < -0.39 is 16.1 Å². The second kappa shape index (κ2) is 9.22. The van der Waals surface area contributed by atoms with Gasteiger partial charge in [0.15, 0.2) is 0 Å². The first kappa shape index (κ1) is 22.8. The van der Waals surface area contributed by atoms with Crippen LogP contribution in [0.15, 0.2) is 53.4 Å². The van der Waals surface area contributed by atoms with Gasteiger partial charge in [0.25, 0.3) is 15.9 Å². The standard InChI is InChI=1S/C23H26N4O5S/c1-15-9-10-17(11-15)25-23(30)26-33(31,32)18-6-4-5-16(12-18)13-21(28)27-14-24-22(29)19-7-2-3-8-20(19)27/h2-8,12,15,17H,9-11,13-14H2,1H3,(H,24,29)(H2,25,26,30). The molecule has 1 fully saturated rings. The summed E-state index contributed by atoms with van der Waals surface area (Å²) in [7, 11) is -4.10. The van der Waals surface area contributed by atoms with Gasteiger partial charge in [-0.3, -0.25) is 14.5 Å². The van der Waals surface area contributed by atoms with Crippen LogP contribution in [0.3, 0.4) is 0 Å². The number of amides is 4. The largest absolute Gasteiger partial charge is 0.335 e. The first-order valence-corrected chi connectivity index (χ1v) is 12.3. The van der Waals surface area contributed by atoms with Gasteiger partial charge < -0.3 is 10.6 Å². The van der Waals surface area contributed by atoms with E-state index in [0.717, 1.165) is 19.3 Å². The molecule has 4 amide bonds. The molecule has 2 aromatic carbocycles. The highest BCUT2D eigenvalue weighted by atomic mass is 32.2.